The van der Waals surface area contributed by atoms with Crippen molar-refractivity contribution in [1.82, 2.24) is 0 Å². The highest BCUT2D eigenvalue weighted by atomic mass is 31.2. The van der Waals surface area contributed by atoms with Gasteiger partial charge in [0.15, 0.2) is 0 Å². The van der Waals surface area contributed by atoms with Gasteiger partial charge in [0.25, 0.3) is 0 Å². The maximum Gasteiger partial charge on any atom is 0.404 e. The molecule has 1 unspecified atom stereocenters. The normalized spacial score (nSPS) is 19.7. The highest BCUT2D eigenvalue weighted by Gasteiger charge is 2.32. The predicted octanol–water partition coefficient (Wildman–Crippen LogP) is 3.80. The Morgan fingerprint density at radius 3 is 2.79 bits per heavy atom. The first-order valence-corrected chi connectivity index (χ1v) is 7.53. The summed E-state index contributed by atoms with van der Waals surface area (Å²) < 4.78 is 17.6. The Bertz CT molecular complexity index is 695. The summed E-state index contributed by atoms with van der Waals surface area (Å²) in [6, 6.07) is 7.71. The molecule has 0 aliphatic heterocycles. The van der Waals surface area contributed by atoms with Gasteiger partial charge in [0, 0.05) is 12.0 Å². The van der Waals surface area contributed by atoms with E-state index >= 15 is 0 Å². The van der Waals surface area contributed by atoms with Crippen LogP contribution in [-0.2, 0) is 15.5 Å². The zero-order chi connectivity index (χ0) is 13.5. The summed E-state index contributed by atoms with van der Waals surface area (Å²) in [6.07, 6.45) is 7.33. The van der Waals surface area contributed by atoms with Crippen molar-refractivity contribution in [3.8, 4) is 0 Å². The van der Waals surface area contributed by atoms with Crippen LogP contribution in [0.5, 0.6) is 0 Å². The molecule has 0 fully saturated rings. The SMILES string of the molecule is C=C1C=CC=C1OP(=O)(O)C1=Cc2ccccc2C1. The molecule has 2 aliphatic rings. The molecule has 1 N–H and O–H groups in total. The minimum atomic E-state index is -3.82. The van der Waals surface area contributed by atoms with Crippen LogP contribution < -0.4 is 0 Å². The van der Waals surface area contributed by atoms with E-state index in [2.05, 4.69) is 6.58 Å². The van der Waals surface area contributed by atoms with E-state index in [0.717, 1.165) is 11.1 Å². The molecule has 0 saturated heterocycles. The van der Waals surface area contributed by atoms with Gasteiger partial charge in [-0.25, -0.2) is 4.57 Å². The molecular formula is C15H13O3P. The van der Waals surface area contributed by atoms with E-state index in [0.29, 0.717) is 23.1 Å². The Balaban J connectivity index is 1.84. The molecule has 3 nitrogen and oxygen atoms in total. The van der Waals surface area contributed by atoms with Crippen molar-refractivity contribution in [2.45, 2.75) is 6.42 Å². The molecule has 1 atom stereocenters. The van der Waals surface area contributed by atoms with Crippen LogP contribution >= 0.6 is 7.60 Å². The predicted molar refractivity (Wildman–Crippen MR) is 75.4 cm³/mol. The van der Waals surface area contributed by atoms with Crippen molar-refractivity contribution in [2.75, 3.05) is 0 Å². The van der Waals surface area contributed by atoms with Crippen LogP contribution in [0.3, 0.4) is 0 Å². The summed E-state index contributed by atoms with van der Waals surface area (Å²) in [6.45, 7) is 3.75. The minimum absolute atomic E-state index is 0.364. The Hall–Kier alpha value is -1.83. The van der Waals surface area contributed by atoms with Gasteiger partial charge in [0.1, 0.15) is 5.76 Å². The van der Waals surface area contributed by atoms with E-state index in [1.165, 1.54) is 0 Å². The molecule has 0 aromatic heterocycles. The van der Waals surface area contributed by atoms with Gasteiger partial charge in [0.2, 0.25) is 0 Å². The number of hydrogen-bond donors (Lipinski definition) is 1. The first-order valence-electron chi connectivity index (χ1n) is 5.95. The molecule has 0 saturated carbocycles. The maximum atomic E-state index is 12.3. The van der Waals surface area contributed by atoms with Gasteiger partial charge in [-0.15, -0.1) is 0 Å². The average Bonchev–Trinajstić information content (AvgIpc) is 2.96. The van der Waals surface area contributed by atoms with Crippen LogP contribution in [0.15, 0.2) is 65.7 Å². The Morgan fingerprint density at radius 2 is 2.11 bits per heavy atom. The van der Waals surface area contributed by atoms with E-state index in [4.69, 9.17) is 4.52 Å². The Morgan fingerprint density at radius 1 is 1.32 bits per heavy atom. The lowest BCUT2D eigenvalue weighted by atomic mass is 10.1. The minimum Gasteiger partial charge on any atom is -0.421 e. The Kier molecular flexibility index (Phi) is 2.81. The monoisotopic (exact) mass is 272 g/mol. The molecule has 0 amide bonds. The quantitative estimate of drug-likeness (QED) is 0.851. The molecule has 0 radical (unpaired) electrons. The van der Waals surface area contributed by atoms with Crippen molar-refractivity contribution in [3.63, 3.8) is 0 Å². The number of allylic oxidation sites excluding steroid dienone is 4. The van der Waals surface area contributed by atoms with Crippen molar-refractivity contribution >= 4 is 13.7 Å². The third-order valence-electron chi connectivity index (χ3n) is 3.20. The standard InChI is InChI=1S/C15H13O3P/c1-11-5-4-8-15(11)18-19(16,17)14-9-12-6-2-3-7-13(12)10-14/h2-9H,1,10H2,(H,16,17). The second-order valence-electron chi connectivity index (χ2n) is 4.54. The van der Waals surface area contributed by atoms with Crippen molar-refractivity contribution in [2.24, 2.45) is 0 Å². The average molecular weight is 272 g/mol. The van der Waals surface area contributed by atoms with Crippen LogP contribution in [0.2, 0.25) is 0 Å². The second-order valence-corrected chi connectivity index (χ2v) is 6.34. The van der Waals surface area contributed by atoms with E-state index in [9.17, 15) is 9.46 Å². The summed E-state index contributed by atoms with van der Waals surface area (Å²) in [4.78, 5) is 10.1. The first-order chi connectivity index (χ1) is 9.06. The van der Waals surface area contributed by atoms with Crippen molar-refractivity contribution in [1.29, 1.82) is 0 Å². The highest BCUT2D eigenvalue weighted by Crippen LogP contribution is 2.57. The Labute approximate surface area is 111 Å². The maximum absolute atomic E-state index is 12.3. The zero-order valence-corrected chi connectivity index (χ0v) is 11.1. The van der Waals surface area contributed by atoms with Gasteiger partial charge >= 0.3 is 7.60 Å². The summed E-state index contributed by atoms with van der Waals surface area (Å²) in [5, 5.41) is 0.425. The molecule has 2 aliphatic carbocycles. The van der Waals surface area contributed by atoms with Crippen LogP contribution in [-0.4, -0.2) is 4.89 Å². The molecule has 1 aromatic carbocycles. The molecule has 96 valence electrons. The molecule has 1 aromatic rings. The fraction of sp³-hybridized carbons (Fsp3) is 0.0667. The molecule has 0 heterocycles. The molecule has 0 spiro atoms. The van der Waals surface area contributed by atoms with Crippen LogP contribution in [0, 0.1) is 0 Å². The summed E-state index contributed by atoms with van der Waals surface area (Å²) >= 11 is 0. The first kappa shape index (κ1) is 12.2. The summed E-state index contributed by atoms with van der Waals surface area (Å²) in [5.74, 6) is 0.364. The summed E-state index contributed by atoms with van der Waals surface area (Å²) in [7, 11) is -3.82. The van der Waals surface area contributed by atoms with E-state index in [-0.39, 0.29) is 0 Å². The molecule has 3 rings (SSSR count). The number of fused-ring (bicyclic) bond motifs is 1. The molecule has 0 bridgehead atoms. The van der Waals surface area contributed by atoms with Crippen LogP contribution in [0.25, 0.3) is 6.08 Å². The lowest BCUT2D eigenvalue weighted by Gasteiger charge is -2.15. The largest absolute Gasteiger partial charge is 0.421 e. The number of benzene rings is 1. The number of hydrogen-bond acceptors (Lipinski definition) is 2. The molecule has 19 heavy (non-hydrogen) atoms. The fourth-order valence-corrected chi connectivity index (χ4v) is 3.40. The summed E-state index contributed by atoms with van der Waals surface area (Å²) in [5.41, 5.74) is 2.64. The van der Waals surface area contributed by atoms with E-state index in [1.54, 1.807) is 24.3 Å². The van der Waals surface area contributed by atoms with E-state index < -0.39 is 7.60 Å². The van der Waals surface area contributed by atoms with Gasteiger partial charge in [-0.2, -0.15) is 0 Å². The lowest BCUT2D eigenvalue weighted by molar-refractivity contribution is 0.338. The fourth-order valence-electron chi connectivity index (χ4n) is 2.16. The zero-order valence-electron chi connectivity index (χ0n) is 10.2. The third kappa shape index (κ3) is 2.23. The van der Waals surface area contributed by atoms with Gasteiger partial charge < -0.3 is 9.42 Å². The van der Waals surface area contributed by atoms with Gasteiger partial charge in [0.05, 0.1) is 5.31 Å². The van der Waals surface area contributed by atoms with Crippen LogP contribution in [0.4, 0.5) is 0 Å². The van der Waals surface area contributed by atoms with Crippen LogP contribution in [0.1, 0.15) is 11.1 Å². The van der Waals surface area contributed by atoms with Gasteiger partial charge in [-0.1, -0.05) is 43.0 Å². The molecular weight excluding hydrogens is 259 g/mol. The van der Waals surface area contributed by atoms with Crippen molar-refractivity contribution in [3.05, 3.63) is 76.8 Å². The smallest absolute Gasteiger partial charge is 0.404 e. The lowest BCUT2D eigenvalue weighted by Crippen LogP contribution is -1.94. The third-order valence-corrected chi connectivity index (χ3v) is 4.65. The number of rotatable bonds is 3. The highest BCUT2D eigenvalue weighted by molar-refractivity contribution is 7.57. The topological polar surface area (TPSA) is 46.5 Å². The van der Waals surface area contributed by atoms with Gasteiger partial charge in [-0.3, -0.25) is 0 Å². The second kappa shape index (κ2) is 4.37. The van der Waals surface area contributed by atoms with E-state index in [1.807, 2.05) is 24.3 Å². The van der Waals surface area contributed by atoms with Gasteiger partial charge in [-0.05, 0) is 23.3 Å². The van der Waals surface area contributed by atoms with Crippen molar-refractivity contribution < 1.29 is 14.0 Å². The molecule has 4 heteroatoms.